The van der Waals surface area contributed by atoms with Crippen molar-refractivity contribution >= 4 is 11.8 Å². The predicted octanol–water partition coefficient (Wildman–Crippen LogP) is 0.00670. The van der Waals surface area contributed by atoms with Gasteiger partial charge in [0.2, 0.25) is 0 Å². The second kappa shape index (κ2) is 3.60. The molecule has 0 aromatic carbocycles. The molecule has 0 saturated carbocycles. The lowest BCUT2D eigenvalue weighted by Gasteiger charge is -2.31. The first-order chi connectivity index (χ1) is 7.96. The fourth-order valence-electron chi connectivity index (χ4n) is 1.60. The minimum atomic E-state index is -1.00. The summed E-state index contributed by atoms with van der Waals surface area (Å²) in [4.78, 5) is 24.2. The van der Waals surface area contributed by atoms with E-state index in [0.29, 0.717) is 13.0 Å². The van der Waals surface area contributed by atoms with Crippen LogP contribution in [0.3, 0.4) is 0 Å². The quantitative estimate of drug-likeness (QED) is 0.441. The highest BCUT2D eigenvalue weighted by molar-refractivity contribution is 5.54. The molecule has 1 unspecified atom stereocenters. The zero-order chi connectivity index (χ0) is 12.6. The number of hydrogen-bond acceptors (Lipinski definition) is 6. The lowest BCUT2D eigenvalue weighted by Crippen LogP contribution is -2.43. The number of ether oxygens (including phenoxy) is 1. The summed E-state index contributed by atoms with van der Waals surface area (Å²) in [6.45, 7) is 2.06. The van der Waals surface area contributed by atoms with E-state index in [9.17, 15) is 14.9 Å². The maximum absolute atomic E-state index is 10.6. The third-order valence-corrected chi connectivity index (χ3v) is 2.74. The van der Waals surface area contributed by atoms with E-state index >= 15 is 0 Å². The smallest absolute Gasteiger partial charge is 0.415 e. The summed E-state index contributed by atoms with van der Waals surface area (Å²) >= 11 is 0. The molecule has 1 aromatic rings. The third-order valence-electron chi connectivity index (χ3n) is 2.74. The van der Waals surface area contributed by atoms with Crippen LogP contribution in [0.15, 0.2) is 11.9 Å². The van der Waals surface area contributed by atoms with Crippen molar-refractivity contribution in [2.45, 2.75) is 25.5 Å². The van der Waals surface area contributed by atoms with Crippen LogP contribution in [0.2, 0.25) is 0 Å². The van der Waals surface area contributed by atoms with Gasteiger partial charge < -0.3 is 20.6 Å². The molecule has 17 heavy (non-hydrogen) atoms. The van der Waals surface area contributed by atoms with Gasteiger partial charge in [0, 0.05) is 17.9 Å². The summed E-state index contributed by atoms with van der Waals surface area (Å²) in [6.07, 6.45) is 1.71. The molecule has 1 aliphatic heterocycles. The van der Waals surface area contributed by atoms with Gasteiger partial charge in [-0.3, -0.25) is 4.57 Å². The fourth-order valence-corrected chi connectivity index (χ4v) is 1.60. The number of nitro groups is 1. The van der Waals surface area contributed by atoms with Gasteiger partial charge in [-0.1, -0.05) is 0 Å². The Morgan fingerprint density at radius 1 is 1.82 bits per heavy atom. The van der Waals surface area contributed by atoms with Crippen LogP contribution in [-0.2, 0) is 11.3 Å². The summed E-state index contributed by atoms with van der Waals surface area (Å²) in [7, 11) is 0. The lowest BCUT2D eigenvalue weighted by molar-refractivity contribution is -0.389. The van der Waals surface area contributed by atoms with E-state index in [1.54, 1.807) is 12.9 Å². The zero-order valence-electron chi connectivity index (χ0n) is 9.04. The molecule has 0 fully saturated rings. The average Bonchev–Trinajstić information content (AvgIpc) is 2.70. The number of aryl methyl sites for hydroxylation is 1. The Bertz CT molecular complexity index is 531. The fraction of sp³-hybridized carbons (Fsp3) is 0.444. The first-order valence-electron chi connectivity index (χ1n) is 4.88. The molecule has 0 radical (unpaired) electrons. The van der Waals surface area contributed by atoms with Crippen molar-refractivity contribution in [2.75, 3.05) is 0 Å². The van der Waals surface area contributed by atoms with E-state index in [1.165, 1.54) is 10.8 Å². The van der Waals surface area contributed by atoms with Gasteiger partial charge in [-0.15, -0.1) is 0 Å². The van der Waals surface area contributed by atoms with E-state index in [4.69, 9.17) is 10.5 Å². The van der Waals surface area contributed by atoms with Crippen molar-refractivity contribution in [1.29, 1.82) is 0 Å². The molecular formula is C9H10N4O4. The second-order valence-electron chi connectivity index (χ2n) is 3.93. The molecule has 0 spiro atoms. The van der Waals surface area contributed by atoms with E-state index in [0.717, 1.165) is 0 Å². The molecule has 0 saturated heterocycles. The average molecular weight is 238 g/mol. The third kappa shape index (κ3) is 1.74. The molecule has 0 amide bonds. The van der Waals surface area contributed by atoms with Crippen LogP contribution < -0.4 is 10.5 Å². The molecule has 8 heteroatoms. The van der Waals surface area contributed by atoms with Gasteiger partial charge in [0.15, 0.2) is 5.60 Å². The maximum Gasteiger partial charge on any atom is 0.415 e. The number of hydrogen-bond donors (Lipinski definition) is 1. The topological polar surface area (TPSA) is 113 Å². The van der Waals surface area contributed by atoms with Gasteiger partial charge in [-0.25, -0.2) is 4.79 Å². The van der Waals surface area contributed by atoms with E-state index < -0.39 is 10.5 Å². The van der Waals surface area contributed by atoms with Crippen LogP contribution >= 0.6 is 0 Å². The van der Waals surface area contributed by atoms with Crippen molar-refractivity contribution in [3.8, 4) is 6.01 Å². The number of aromatic nitrogens is 2. The minimum absolute atomic E-state index is 0.0746. The predicted molar refractivity (Wildman–Crippen MR) is 55.9 cm³/mol. The van der Waals surface area contributed by atoms with Crippen molar-refractivity contribution in [3.63, 3.8) is 0 Å². The highest BCUT2D eigenvalue weighted by Gasteiger charge is 2.39. The number of fused-ring (bicyclic) bond motifs is 1. The van der Waals surface area contributed by atoms with Crippen LogP contribution in [0, 0.1) is 10.1 Å². The Hall–Kier alpha value is -2.34. The van der Waals surface area contributed by atoms with Crippen LogP contribution in [0.25, 0.3) is 0 Å². The molecule has 0 aliphatic carbocycles. The largest absolute Gasteiger partial charge is 0.432 e. The van der Waals surface area contributed by atoms with E-state index in [2.05, 4.69) is 4.98 Å². The Morgan fingerprint density at radius 2 is 2.53 bits per heavy atom. The van der Waals surface area contributed by atoms with Crippen molar-refractivity contribution in [3.05, 3.63) is 22.0 Å². The van der Waals surface area contributed by atoms with Gasteiger partial charge in [0.1, 0.15) is 17.8 Å². The Morgan fingerprint density at radius 3 is 3.12 bits per heavy atom. The summed E-state index contributed by atoms with van der Waals surface area (Å²) in [5, 5.41) is 10.6. The van der Waals surface area contributed by atoms with Gasteiger partial charge in [0.05, 0.1) is 0 Å². The number of imidazole rings is 1. The second-order valence-corrected chi connectivity index (χ2v) is 3.93. The first-order valence-corrected chi connectivity index (χ1v) is 4.88. The number of nitrogens with zero attached hydrogens (tertiary/aromatic N) is 3. The Kier molecular flexibility index (Phi) is 2.36. The molecule has 0 bridgehead atoms. The molecule has 90 valence electrons. The maximum atomic E-state index is 10.6. The summed E-state index contributed by atoms with van der Waals surface area (Å²) in [6, 6.07) is 0.0867. The van der Waals surface area contributed by atoms with Crippen molar-refractivity contribution < 1.29 is 14.5 Å². The minimum Gasteiger partial charge on any atom is -0.432 e. The molecular weight excluding hydrogens is 228 g/mol. The molecule has 2 N–H and O–H groups in total. The van der Waals surface area contributed by atoms with Crippen LogP contribution in [0.1, 0.15) is 13.3 Å². The van der Waals surface area contributed by atoms with Gasteiger partial charge >= 0.3 is 11.8 Å². The van der Waals surface area contributed by atoms with Gasteiger partial charge in [-0.2, -0.15) is 0 Å². The molecule has 1 atom stereocenters. The Labute approximate surface area is 95.8 Å². The zero-order valence-corrected chi connectivity index (χ0v) is 9.04. The van der Waals surface area contributed by atoms with Crippen LogP contribution in [0.5, 0.6) is 6.01 Å². The van der Waals surface area contributed by atoms with E-state index in [-0.39, 0.29) is 17.5 Å². The summed E-state index contributed by atoms with van der Waals surface area (Å²) in [5.74, 6) is 1.29. The normalized spacial score (nSPS) is 22.2. The molecule has 1 aliphatic rings. The molecule has 2 heterocycles. The SMILES string of the molecule is CC1(C(N)=C=O)CCn2cc([N+](=O)[O-])nc2O1. The lowest BCUT2D eigenvalue weighted by atomic mass is 9.98. The van der Waals surface area contributed by atoms with Crippen molar-refractivity contribution in [2.24, 2.45) is 5.73 Å². The molecule has 8 nitrogen and oxygen atoms in total. The highest BCUT2D eigenvalue weighted by atomic mass is 16.6. The van der Waals surface area contributed by atoms with Gasteiger partial charge in [0.25, 0.3) is 0 Å². The summed E-state index contributed by atoms with van der Waals surface area (Å²) in [5.41, 5.74) is 4.43. The van der Waals surface area contributed by atoms with Crippen LogP contribution in [-0.4, -0.2) is 26.0 Å². The van der Waals surface area contributed by atoms with Crippen molar-refractivity contribution in [1.82, 2.24) is 9.55 Å². The number of rotatable bonds is 2. The first kappa shape index (κ1) is 11.2. The Balaban J connectivity index is 2.36. The molecule has 2 rings (SSSR count). The standard InChI is InChI=1S/C9H10N4O4/c1-9(6(10)5-14)2-3-12-4-7(13(15)16)11-8(12)17-9/h4H,2-3,10H2,1H3. The highest BCUT2D eigenvalue weighted by Crippen LogP contribution is 2.31. The van der Waals surface area contributed by atoms with Gasteiger partial charge in [-0.05, 0) is 11.8 Å². The number of nitrogens with two attached hydrogens (primary N) is 1. The van der Waals surface area contributed by atoms with E-state index in [1.807, 2.05) is 0 Å². The van der Waals surface area contributed by atoms with Crippen LogP contribution in [0.4, 0.5) is 5.82 Å². The monoisotopic (exact) mass is 238 g/mol. The summed E-state index contributed by atoms with van der Waals surface area (Å²) < 4.78 is 6.94. The molecule has 1 aromatic heterocycles. The number of carbonyl (C=O) groups excluding carboxylic acids is 1.